The zero-order valence-electron chi connectivity index (χ0n) is 12.8. The second-order valence-electron chi connectivity index (χ2n) is 5.65. The Labute approximate surface area is 124 Å². The SMILES string of the molecule is CCCN(CC1CCCCN1)C(C)C(=O)NCC(F)(F)F. The summed E-state index contributed by atoms with van der Waals surface area (Å²) < 4.78 is 36.5. The number of hydrogen-bond donors (Lipinski definition) is 2. The average molecular weight is 309 g/mol. The number of amides is 1. The lowest BCUT2D eigenvalue weighted by Gasteiger charge is -2.33. The number of alkyl halides is 3. The number of hydrogen-bond acceptors (Lipinski definition) is 3. The number of halogens is 3. The highest BCUT2D eigenvalue weighted by Crippen LogP contribution is 2.14. The van der Waals surface area contributed by atoms with Crippen molar-refractivity contribution in [3.05, 3.63) is 0 Å². The van der Waals surface area contributed by atoms with Crippen LogP contribution in [0.5, 0.6) is 0 Å². The third-order valence-corrected chi connectivity index (χ3v) is 3.77. The zero-order chi connectivity index (χ0) is 15.9. The Bertz CT molecular complexity index is 317. The number of carbonyl (C=O) groups is 1. The first-order valence-electron chi connectivity index (χ1n) is 7.65. The van der Waals surface area contributed by atoms with E-state index in [4.69, 9.17) is 0 Å². The first-order valence-corrected chi connectivity index (χ1v) is 7.65. The van der Waals surface area contributed by atoms with Crippen molar-refractivity contribution in [2.45, 2.75) is 57.8 Å². The third kappa shape index (κ3) is 7.13. The summed E-state index contributed by atoms with van der Waals surface area (Å²) in [6, 6.07) is -0.223. The summed E-state index contributed by atoms with van der Waals surface area (Å²) >= 11 is 0. The molecule has 0 bridgehead atoms. The second kappa shape index (κ2) is 8.58. The molecule has 1 aliphatic heterocycles. The molecular formula is C14H26F3N3O. The first kappa shape index (κ1) is 18.2. The van der Waals surface area contributed by atoms with E-state index >= 15 is 0 Å². The molecule has 124 valence electrons. The van der Waals surface area contributed by atoms with Crippen LogP contribution in [0.25, 0.3) is 0 Å². The molecule has 2 N–H and O–H groups in total. The highest BCUT2D eigenvalue weighted by atomic mass is 19.4. The van der Waals surface area contributed by atoms with Gasteiger partial charge in [-0.25, -0.2) is 0 Å². The summed E-state index contributed by atoms with van der Waals surface area (Å²) in [5, 5.41) is 5.38. The van der Waals surface area contributed by atoms with E-state index in [-0.39, 0.29) is 0 Å². The van der Waals surface area contributed by atoms with E-state index in [9.17, 15) is 18.0 Å². The molecule has 21 heavy (non-hydrogen) atoms. The number of rotatable bonds is 7. The Morgan fingerprint density at radius 1 is 1.43 bits per heavy atom. The Kier molecular flexibility index (Phi) is 7.45. The molecule has 2 atom stereocenters. The van der Waals surface area contributed by atoms with Gasteiger partial charge in [-0.2, -0.15) is 13.2 Å². The molecule has 0 spiro atoms. The second-order valence-corrected chi connectivity index (χ2v) is 5.65. The summed E-state index contributed by atoms with van der Waals surface area (Å²) in [5.41, 5.74) is 0. The largest absolute Gasteiger partial charge is 0.405 e. The lowest BCUT2D eigenvalue weighted by molar-refractivity contribution is -0.141. The molecule has 0 aromatic carbocycles. The maximum absolute atomic E-state index is 12.2. The molecule has 7 heteroatoms. The quantitative estimate of drug-likeness (QED) is 0.755. The lowest BCUT2D eigenvalue weighted by Crippen LogP contribution is -2.52. The molecule has 0 saturated carbocycles. The van der Waals surface area contributed by atoms with Gasteiger partial charge in [0, 0.05) is 12.6 Å². The van der Waals surface area contributed by atoms with Gasteiger partial charge in [-0.05, 0) is 39.3 Å². The van der Waals surface area contributed by atoms with Crippen LogP contribution in [0.4, 0.5) is 13.2 Å². The minimum absolute atomic E-state index is 0.322. The molecular weight excluding hydrogens is 283 g/mol. The van der Waals surface area contributed by atoms with Crippen molar-refractivity contribution in [2.24, 2.45) is 0 Å². The van der Waals surface area contributed by atoms with Crippen LogP contribution in [0.2, 0.25) is 0 Å². The van der Waals surface area contributed by atoms with Crippen molar-refractivity contribution in [2.75, 3.05) is 26.2 Å². The van der Waals surface area contributed by atoms with Crippen LogP contribution in [0, 0.1) is 0 Å². The molecule has 0 aliphatic carbocycles. The number of carbonyl (C=O) groups excluding carboxylic acids is 1. The molecule has 1 fully saturated rings. The Balaban J connectivity index is 2.50. The average Bonchev–Trinajstić information content (AvgIpc) is 2.44. The molecule has 1 saturated heterocycles. The highest BCUT2D eigenvalue weighted by Gasteiger charge is 2.30. The molecule has 1 amide bonds. The lowest BCUT2D eigenvalue weighted by atomic mass is 10.0. The van der Waals surface area contributed by atoms with Gasteiger partial charge in [0.25, 0.3) is 0 Å². The van der Waals surface area contributed by atoms with Crippen LogP contribution in [-0.2, 0) is 4.79 Å². The van der Waals surface area contributed by atoms with Crippen LogP contribution < -0.4 is 10.6 Å². The maximum Gasteiger partial charge on any atom is 0.405 e. The fourth-order valence-corrected chi connectivity index (χ4v) is 2.59. The fourth-order valence-electron chi connectivity index (χ4n) is 2.59. The van der Waals surface area contributed by atoms with E-state index in [1.54, 1.807) is 6.92 Å². The molecule has 1 rings (SSSR count). The van der Waals surface area contributed by atoms with Crippen molar-refractivity contribution >= 4 is 5.91 Å². The molecule has 2 unspecified atom stereocenters. The van der Waals surface area contributed by atoms with Gasteiger partial charge in [0.1, 0.15) is 6.54 Å². The van der Waals surface area contributed by atoms with Crippen molar-refractivity contribution in [1.82, 2.24) is 15.5 Å². The van der Waals surface area contributed by atoms with E-state index in [1.165, 1.54) is 0 Å². The van der Waals surface area contributed by atoms with Gasteiger partial charge in [0.05, 0.1) is 6.04 Å². The molecule has 0 aromatic rings. The van der Waals surface area contributed by atoms with Gasteiger partial charge < -0.3 is 10.6 Å². The zero-order valence-corrected chi connectivity index (χ0v) is 12.8. The summed E-state index contributed by atoms with van der Waals surface area (Å²) in [4.78, 5) is 13.8. The highest BCUT2D eigenvalue weighted by molar-refractivity contribution is 5.81. The molecule has 0 aromatic heterocycles. The van der Waals surface area contributed by atoms with Crippen LogP contribution in [0.15, 0.2) is 0 Å². The summed E-state index contributed by atoms with van der Waals surface area (Å²) in [5.74, 6) is -0.559. The minimum Gasteiger partial charge on any atom is -0.346 e. The molecule has 1 aliphatic rings. The molecule has 1 heterocycles. The summed E-state index contributed by atoms with van der Waals surface area (Å²) in [6.07, 6.45) is -0.130. The predicted octanol–water partition coefficient (Wildman–Crippen LogP) is 1.91. The van der Waals surface area contributed by atoms with Crippen LogP contribution in [0.1, 0.15) is 39.5 Å². The smallest absolute Gasteiger partial charge is 0.346 e. The summed E-state index contributed by atoms with van der Waals surface area (Å²) in [6.45, 7) is 4.79. The molecule has 4 nitrogen and oxygen atoms in total. The van der Waals surface area contributed by atoms with E-state index in [0.717, 1.165) is 32.2 Å². The topological polar surface area (TPSA) is 44.4 Å². The van der Waals surface area contributed by atoms with Gasteiger partial charge in [0.2, 0.25) is 5.91 Å². The standard InChI is InChI=1S/C14H26F3N3O/c1-3-8-20(9-12-6-4-5-7-18-12)11(2)13(21)19-10-14(15,16)17/h11-12,18H,3-10H2,1-2H3,(H,19,21). The molecule has 0 radical (unpaired) electrons. The number of piperidine rings is 1. The first-order chi connectivity index (χ1) is 9.83. The van der Waals surface area contributed by atoms with Gasteiger partial charge in [0.15, 0.2) is 0 Å². The van der Waals surface area contributed by atoms with Gasteiger partial charge in [-0.3, -0.25) is 9.69 Å². The Morgan fingerprint density at radius 3 is 2.67 bits per heavy atom. The Hall–Kier alpha value is -0.820. The maximum atomic E-state index is 12.2. The van der Waals surface area contributed by atoms with Crippen LogP contribution in [0.3, 0.4) is 0 Å². The van der Waals surface area contributed by atoms with Crippen LogP contribution >= 0.6 is 0 Å². The predicted molar refractivity (Wildman–Crippen MR) is 76.0 cm³/mol. The van der Waals surface area contributed by atoms with Gasteiger partial charge in [-0.1, -0.05) is 13.3 Å². The third-order valence-electron chi connectivity index (χ3n) is 3.77. The number of nitrogens with zero attached hydrogens (tertiary/aromatic N) is 1. The van der Waals surface area contributed by atoms with Gasteiger partial charge >= 0.3 is 6.18 Å². The Morgan fingerprint density at radius 2 is 2.14 bits per heavy atom. The normalized spacial score (nSPS) is 21.3. The van der Waals surface area contributed by atoms with Crippen LogP contribution in [-0.4, -0.2) is 55.2 Å². The van der Waals surface area contributed by atoms with Crippen molar-refractivity contribution in [3.8, 4) is 0 Å². The monoisotopic (exact) mass is 309 g/mol. The number of nitrogens with one attached hydrogen (secondary N) is 2. The van der Waals surface area contributed by atoms with Crippen molar-refractivity contribution < 1.29 is 18.0 Å². The van der Waals surface area contributed by atoms with E-state index in [0.29, 0.717) is 19.1 Å². The van der Waals surface area contributed by atoms with Crippen molar-refractivity contribution in [3.63, 3.8) is 0 Å². The van der Waals surface area contributed by atoms with Gasteiger partial charge in [-0.15, -0.1) is 0 Å². The van der Waals surface area contributed by atoms with E-state index < -0.39 is 24.7 Å². The summed E-state index contributed by atoms with van der Waals surface area (Å²) in [7, 11) is 0. The van der Waals surface area contributed by atoms with Crippen molar-refractivity contribution in [1.29, 1.82) is 0 Å². The van der Waals surface area contributed by atoms with E-state index in [1.807, 2.05) is 17.1 Å². The fraction of sp³-hybridized carbons (Fsp3) is 0.929. The van der Waals surface area contributed by atoms with E-state index in [2.05, 4.69) is 5.32 Å². The minimum atomic E-state index is -4.37.